The Labute approximate surface area is 134 Å². The van der Waals surface area contributed by atoms with Crippen LogP contribution in [0.15, 0.2) is 42.6 Å². The normalized spacial score (nSPS) is 10.7. The van der Waals surface area contributed by atoms with E-state index in [1.807, 2.05) is 44.2 Å². The van der Waals surface area contributed by atoms with Crippen molar-refractivity contribution in [1.82, 2.24) is 15.1 Å². The van der Waals surface area contributed by atoms with Crippen LogP contribution in [0.2, 0.25) is 0 Å². The van der Waals surface area contributed by atoms with Gasteiger partial charge in [-0.25, -0.2) is 10.00 Å². The fourth-order valence-corrected chi connectivity index (χ4v) is 2.56. The molecule has 6 heteroatoms. The number of nitrogens with zero attached hydrogens (tertiary/aromatic N) is 2. The number of para-hydroxylation sites is 1. The predicted molar refractivity (Wildman–Crippen MR) is 88.9 cm³/mol. The minimum atomic E-state index is -0.310. The van der Waals surface area contributed by atoms with Crippen LogP contribution in [-0.4, -0.2) is 22.6 Å². The number of aromatic nitrogens is 2. The van der Waals surface area contributed by atoms with Crippen LogP contribution in [0.5, 0.6) is 0 Å². The highest BCUT2D eigenvalue weighted by molar-refractivity contribution is 6.01. The molecular weight excluding hydrogens is 292 g/mol. The maximum atomic E-state index is 12.4. The molecule has 3 aromatic rings. The minimum Gasteiger partial charge on any atom is -0.353 e. The number of pyridine rings is 1. The molecule has 0 aliphatic carbocycles. The molecule has 1 amide bonds. The first-order valence-electron chi connectivity index (χ1n) is 7.25. The second-order valence-electron chi connectivity index (χ2n) is 5.26. The Kier molecular flexibility index (Phi) is 3.99. The highest BCUT2D eigenvalue weighted by Gasteiger charge is 2.18. The Morgan fingerprint density at radius 1 is 1.22 bits per heavy atom. The van der Waals surface area contributed by atoms with Crippen molar-refractivity contribution in [2.24, 2.45) is 0 Å². The molecule has 0 saturated heterocycles. The van der Waals surface area contributed by atoms with Crippen LogP contribution in [0.3, 0.4) is 0 Å². The molecule has 2 heterocycles. The number of aryl methyl sites for hydroxylation is 2. The van der Waals surface area contributed by atoms with Gasteiger partial charge in [0.05, 0.1) is 29.6 Å². The quantitative estimate of drug-likeness (QED) is 0.727. The molecule has 0 spiro atoms. The lowest BCUT2D eigenvalue weighted by atomic mass is 10.1. The molecule has 6 nitrogen and oxygen atoms in total. The third kappa shape index (κ3) is 2.76. The number of carbonyl (C=O) groups excluding carboxylic acids is 1. The monoisotopic (exact) mass is 310 g/mol. The van der Waals surface area contributed by atoms with E-state index in [-0.39, 0.29) is 5.91 Å². The van der Waals surface area contributed by atoms with Crippen LogP contribution in [0.4, 0.5) is 11.4 Å². The van der Waals surface area contributed by atoms with Gasteiger partial charge in [-0.05, 0) is 37.6 Å². The summed E-state index contributed by atoms with van der Waals surface area (Å²) in [7, 11) is 1.41. The van der Waals surface area contributed by atoms with E-state index in [4.69, 9.17) is 4.84 Å². The minimum absolute atomic E-state index is 0.310. The smallest absolute Gasteiger partial charge is 0.277 e. The standard InChI is InChI=1S/C17H18N4O2/c1-11-6-4-5-7-15(11)19-16-12(2)21-13(8-9-18-21)10-14(16)17(22)20-23-3/h4-10,19H,1-3H3,(H,20,22). The number of carbonyl (C=O) groups is 1. The van der Waals surface area contributed by atoms with Crippen LogP contribution in [0.1, 0.15) is 21.6 Å². The second-order valence-corrected chi connectivity index (χ2v) is 5.26. The van der Waals surface area contributed by atoms with E-state index in [1.54, 1.807) is 16.8 Å². The molecule has 0 unspecified atom stereocenters. The maximum absolute atomic E-state index is 12.4. The van der Waals surface area contributed by atoms with Gasteiger partial charge in [0.15, 0.2) is 0 Å². The van der Waals surface area contributed by atoms with Gasteiger partial charge in [-0.2, -0.15) is 5.10 Å². The Morgan fingerprint density at radius 2 is 2.00 bits per heavy atom. The van der Waals surface area contributed by atoms with E-state index in [0.717, 1.165) is 22.5 Å². The van der Waals surface area contributed by atoms with E-state index in [2.05, 4.69) is 15.9 Å². The summed E-state index contributed by atoms with van der Waals surface area (Å²) >= 11 is 0. The molecule has 0 bridgehead atoms. The third-order valence-electron chi connectivity index (χ3n) is 3.76. The summed E-state index contributed by atoms with van der Waals surface area (Å²) in [5.41, 5.74) is 7.30. The van der Waals surface area contributed by atoms with Gasteiger partial charge < -0.3 is 5.32 Å². The maximum Gasteiger partial charge on any atom is 0.277 e. The van der Waals surface area contributed by atoms with Gasteiger partial charge in [0.25, 0.3) is 5.91 Å². The number of hydroxylamine groups is 1. The zero-order valence-electron chi connectivity index (χ0n) is 13.3. The fourth-order valence-electron chi connectivity index (χ4n) is 2.56. The molecule has 118 valence electrons. The lowest BCUT2D eigenvalue weighted by molar-refractivity contribution is 0.0538. The fraction of sp³-hybridized carbons (Fsp3) is 0.176. The van der Waals surface area contributed by atoms with Gasteiger partial charge in [-0.1, -0.05) is 18.2 Å². The summed E-state index contributed by atoms with van der Waals surface area (Å²) in [4.78, 5) is 17.1. The SMILES string of the molecule is CONC(=O)c1cc2ccnn2c(C)c1Nc1ccccc1C. The average molecular weight is 310 g/mol. The second kappa shape index (κ2) is 6.10. The number of amides is 1. The zero-order chi connectivity index (χ0) is 16.4. The molecule has 0 aliphatic rings. The number of hydrogen-bond donors (Lipinski definition) is 2. The third-order valence-corrected chi connectivity index (χ3v) is 3.76. The van der Waals surface area contributed by atoms with Crippen molar-refractivity contribution in [1.29, 1.82) is 0 Å². The summed E-state index contributed by atoms with van der Waals surface area (Å²) in [6, 6.07) is 11.6. The summed E-state index contributed by atoms with van der Waals surface area (Å²) in [5, 5.41) is 7.66. The summed E-state index contributed by atoms with van der Waals surface area (Å²) in [6.07, 6.45) is 1.71. The van der Waals surface area contributed by atoms with Gasteiger partial charge in [0.2, 0.25) is 0 Å². The molecule has 0 saturated carbocycles. The molecule has 3 rings (SSSR count). The van der Waals surface area contributed by atoms with Crippen molar-refractivity contribution in [2.45, 2.75) is 13.8 Å². The van der Waals surface area contributed by atoms with Crippen molar-refractivity contribution in [3.63, 3.8) is 0 Å². The Hall–Kier alpha value is -2.86. The number of rotatable bonds is 4. The molecule has 0 aliphatic heterocycles. The van der Waals surface area contributed by atoms with Crippen LogP contribution in [-0.2, 0) is 4.84 Å². The first-order chi connectivity index (χ1) is 11.1. The average Bonchev–Trinajstić information content (AvgIpc) is 3.00. The van der Waals surface area contributed by atoms with Gasteiger partial charge in [0.1, 0.15) is 0 Å². The van der Waals surface area contributed by atoms with E-state index in [1.165, 1.54) is 7.11 Å². The number of benzene rings is 1. The van der Waals surface area contributed by atoms with E-state index in [9.17, 15) is 4.79 Å². The topological polar surface area (TPSA) is 67.7 Å². The predicted octanol–water partition coefficient (Wildman–Crippen LogP) is 2.99. The summed E-state index contributed by atoms with van der Waals surface area (Å²) < 4.78 is 1.80. The van der Waals surface area contributed by atoms with Crippen molar-refractivity contribution >= 4 is 22.8 Å². The number of hydrogen-bond acceptors (Lipinski definition) is 4. The number of fused-ring (bicyclic) bond motifs is 1. The van der Waals surface area contributed by atoms with Gasteiger partial charge in [0, 0.05) is 11.9 Å². The van der Waals surface area contributed by atoms with Crippen molar-refractivity contribution in [3.05, 3.63) is 59.4 Å². The molecule has 0 atom stereocenters. The molecule has 1 aromatic carbocycles. The number of anilines is 2. The Balaban J connectivity index is 2.16. The lowest BCUT2D eigenvalue weighted by Gasteiger charge is -2.17. The highest BCUT2D eigenvalue weighted by atomic mass is 16.6. The first kappa shape index (κ1) is 15.1. The van der Waals surface area contributed by atoms with Gasteiger partial charge in [-0.15, -0.1) is 0 Å². The van der Waals surface area contributed by atoms with Crippen molar-refractivity contribution < 1.29 is 9.63 Å². The molecular formula is C17H18N4O2. The van der Waals surface area contributed by atoms with Gasteiger partial charge >= 0.3 is 0 Å². The molecule has 0 radical (unpaired) electrons. The zero-order valence-corrected chi connectivity index (χ0v) is 13.3. The summed E-state index contributed by atoms with van der Waals surface area (Å²) in [6.45, 7) is 3.93. The lowest BCUT2D eigenvalue weighted by Crippen LogP contribution is -2.23. The van der Waals surface area contributed by atoms with Crippen molar-refractivity contribution in [3.8, 4) is 0 Å². The summed E-state index contributed by atoms with van der Waals surface area (Å²) in [5.74, 6) is -0.310. The van der Waals surface area contributed by atoms with Crippen molar-refractivity contribution in [2.75, 3.05) is 12.4 Å². The van der Waals surface area contributed by atoms with Crippen LogP contribution >= 0.6 is 0 Å². The number of nitrogens with one attached hydrogen (secondary N) is 2. The van der Waals surface area contributed by atoms with E-state index >= 15 is 0 Å². The van der Waals surface area contributed by atoms with Crippen LogP contribution < -0.4 is 10.8 Å². The van der Waals surface area contributed by atoms with E-state index < -0.39 is 0 Å². The molecule has 2 N–H and O–H groups in total. The molecule has 2 aromatic heterocycles. The molecule has 23 heavy (non-hydrogen) atoms. The van der Waals surface area contributed by atoms with Crippen LogP contribution in [0.25, 0.3) is 5.52 Å². The van der Waals surface area contributed by atoms with Crippen LogP contribution in [0, 0.1) is 13.8 Å². The van der Waals surface area contributed by atoms with Gasteiger partial charge in [-0.3, -0.25) is 9.63 Å². The Bertz CT molecular complexity index is 870. The van der Waals surface area contributed by atoms with E-state index in [0.29, 0.717) is 11.3 Å². The Morgan fingerprint density at radius 3 is 2.74 bits per heavy atom. The largest absolute Gasteiger partial charge is 0.353 e. The highest BCUT2D eigenvalue weighted by Crippen LogP contribution is 2.28. The first-order valence-corrected chi connectivity index (χ1v) is 7.25. The molecule has 0 fully saturated rings.